The standard InChI is InChI=1S/C20H20NO5S/c1-12-2-4-16(5-3-12)27(22,23)21-10-14-7-15-6-13-8-18-19(25-11-24-18)9-17(13)20(14)26-15/h2-5,8-10,14-15,20-21H,6-7,11H2,1H3. The Kier molecular flexibility index (Phi) is 3.93. The average Bonchev–Trinajstić information content (AvgIpc) is 3.23. The van der Waals surface area contributed by atoms with E-state index in [1.807, 2.05) is 19.1 Å². The Balaban J connectivity index is 1.36. The zero-order valence-corrected chi connectivity index (χ0v) is 15.7. The van der Waals surface area contributed by atoms with E-state index in [0.717, 1.165) is 35.5 Å². The van der Waals surface area contributed by atoms with Crippen LogP contribution in [0.4, 0.5) is 0 Å². The minimum atomic E-state index is -3.59. The van der Waals surface area contributed by atoms with Crippen molar-refractivity contribution in [1.82, 2.24) is 4.72 Å². The summed E-state index contributed by atoms with van der Waals surface area (Å²) >= 11 is 0. The lowest BCUT2D eigenvalue weighted by molar-refractivity contribution is 0.0241. The summed E-state index contributed by atoms with van der Waals surface area (Å²) in [7, 11) is -3.59. The molecule has 7 heteroatoms. The Morgan fingerprint density at radius 1 is 1.11 bits per heavy atom. The molecular formula is C20H20NO5S. The van der Waals surface area contributed by atoms with Crippen molar-refractivity contribution >= 4 is 10.0 Å². The lowest BCUT2D eigenvalue weighted by Crippen LogP contribution is -2.26. The topological polar surface area (TPSA) is 73.9 Å². The van der Waals surface area contributed by atoms with Gasteiger partial charge in [-0.1, -0.05) is 17.7 Å². The molecular weight excluding hydrogens is 366 g/mol. The summed E-state index contributed by atoms with van der Waals surface area (Å²) < 4.78 is 44.9. The largest absolute Gasteiger partial charge is 0.454 e. The van der Waals surface area contributed by atoms with Crippen molar-refractivity contribution in [3.05, 3.63) is 59.6 Å². The molecule has 3 aliphatic heterocycles. The maximum atomic E-state index is 12.6. The molecule has 27 heavy (non-hydrogen) atoms. The van der Waals surface area contributed by atoms with Gasteiger partial charge in [0.05, 0.1) is 17.1 Å². The number of fused-ring (bicyclic) bond motifs is 5. The molecule has 6 nitrogen and oxygen atoms in total. The Hall–Kier alpha value is -2.09. The summed E-state index contributed by atoms with van der Waals surface area (Å²) in [5.74, 6) is 1.47. The summed E-state index contributed by atoms with van der Waals surface area (Å²) in [6.45, 7) is 3.83. The Morgan fingerprint density at radius 2 is 1.85 bits per heavy atom. The minimum Gasteiger partial charge on any atom is -0.454 e. The molecule has 0 saturated carbocycles. The van der Waals surface area contributed by atoms with Gasteiger partial charge in [0, 0.05) is 12.5 Å². The molecule has 1 saturated heterocycles. The van der Waals surface area contributed by atoms with Gasteiger partial charge in [-0.05, 0) is 55.2 Å². The van der Waals surface area contributed by atoms with E-state index in [2.05, 4.69) is 4.72 Å². The number of sulfonamides is 1. The van der Waals surface area contributed by atoms with Crippen LogP contribution in [0.15, 0.2) is 41.3 Å². The number of rotatable bonds is 4. The Morgan fingerprint density at radius 3 is 2.63 bits per heavy atom. The molecule has 0 aliphatic carbocycles. The second kappa shape index (κ2) is 6.22. The summed E-state index contributed by atoms with van der Waals surface area (Å²) in [4.78, 5) is 0.259. The van der Waals surface area contributed by atoms with Crippen LogP contribution in [0.25, 0.3) is 0 Å². The van der Waals surface area contributed by atoms with E-state index >= 15 is 0 Å². The van der Waals surface area contributed by atoms with E-state index in [1.165, 1.54) is 5.56 Å². The summed E-state index contributed by atoms with van der Waals surface area (Å²) in [5.41, 5.74) is 3.27. The molecule has 3 unspecified atom stereocenters. The first kappa shape index (κ1) is 17.0. The molecule has 0 aromatic heterocycles. The number of aryl methyl sites for hydroxylation is 1. The molecule has 2 aromatic carbocycles. The predicted molar refractivity (Wildman–Crippen MR) is 97.8 cm³/mol. The molecule has 0 amide bonds. The molecule has 1 fully saturated rings. The zero-order chi connectivity index (χ0) is 18.6. The molecule has 1 radical (unpaired) electrons. The van der Waals surface area contributed by atoms with Crippen molar-refractivity contribution in [2.75, 3.05) is 6.79 Å². The van der Waals surface area contributed by atoms with Gasteiger partial charge in [0.1, 0.15) is 0 Å². The SMILES string of the molecule is Cc1ccc(S(=O)(=O)N[CH]C2CC3Cc4cc5c(cc4C2O3)OCO5)cc1. The van der Waals surface area contributed by atoms with Crippen LogP contribution in [-0.2, 0) is 21.2 Å². The number of hydrogen-bond donors (Lipinski definition) is 1. The van der Waals surface area contributed by atoms with Crippen molar-refractivity contribution in [2.45, 2.75) is 36.9 Å². The Labute approximate surface area is 158 Å². The van der Waals surface area contributed by atoms with Gasteiger partial charge in [-0.15, -0.1) is 0 Å². The molecule has 1 N–H and O–H groups in total. The van der Waals surface area contributed by atoms with E-state index in [1.54, 1.807) is 30.8 Å². The van der Waals surface area contributed by atoms with Crippen LogP contribution in [0.1, 0.15) is 29.2 Å². The molecule has 5 rings (SSSR count). The smallest absolute Gasteiger partial charge is 0.240 e. The van der Waals surface area contributed by atoms with Gasteiger partial charge < -0.3 is 14.2 Å². The van der Waals surface area contributed by atoms with Crippen molar-refractivity contribution in [3.63, 3.8) is 0 Å². The maximum absolute atomic E-state index is 12.6. The lowest BCUT2D eigenvalue weighted by Gasteiger charge is -2.26. The molecule has 141 valence electrons. The lowest BCUT2D eigenvalue weighted by atomic mass is 9.93. The van der Waals surface area contributed by atoms with Gasteiger partial charge in [0.25, 0.3) is 0 Å². The highest BCUT2D eigenvalue weighted by Gasteiger charge is 2.42. The molecule has 2 bridgehead atoms. The monoisotopic (exact) mass is 386 g/mol. The third kappa shape index (κ3) is 2.99. The van der Waals surface area contributed by atoms with E-state index < -0.39 is 10.0 Å². The van der Waals surface area contributed by atoms with Crippen LogP contribution >= 0.6 is 0 Å². The van der Waals surface area contributed by atoms with Gasteiger partial charge in [0.15, 0.2) is 11.5 Å². The van der Waals surface area contributed by atoms with Gasteiger partial charge in [-0.3, -0.25) is 0 Å². The second-order valence-electron chi connectivity index (χ2n) is 7.29. The van der Waals surface area contributed by atoms with Gasteiger partial charge >= 0.3 is 0 Å². The Bertz CT molecular complexity index is 986. The zero-order valence-electron chi connectivity index (χ0n) is 14.8. The van der Waals surface area contributed by atoms with Gasteiger partial charge in [-0.25, -0.2) is 13.1 Å². The molecule has 2 aromatic rings. The fourth-order valence-corrected chi connectivity index (χ4v) is 5.02. The van der Waals surface area contributed by atoms with E-state index in [-0.39, 0.29) is 29.8 Å². The number of benzene rings is 2. The third-order valence-electron chi connectivity index (χ3n) is 5.42. The van der Waals surface area contributed by atoms with Crippen LogP contribution < -0.4 is 14.2 Å². The van der Waals surface area contributed by atoms with Crippen LogP contribution in [0.3, 0.4) is 0 Å². The molecule has 3 atom stereocenters. The number of hydrogen-bond acceptors (Lipinski definition) is 5. The molecule has 3 aliphatic rings. The first-order valence-corrected chi connectivity index (χ1v) is 10.5. The first-order valence-electron chi connectivity index (χ1n) is 9.00. The average molecular weight is 386 g/mol. The first-order chi connectivity index (χ1) is 13.0. The summed E-state index contributed by atoms with van der Waals surface area (Å²) in [6, 6.07) is 10.8. The summed E-state index contributed by atoms with van der Waals surface area (Å²) in [5, 5.41) is 0. The molecule has 3 heterocycles. The second-order valence-corrected chi connectivity index (χ2v) is 9.00. The minimum absolute atomic E-state index is 0.0307. The molecule has 0 spiro atoms. The van der Waals surface area contributed by atoms with Crippen molar-refractivity contribution in [3.8, 4) is 11.5 Å². The van der Waals surface area contributed by atoms with Crippen LogP contribution in [0, 0.1) is 19.4 Å². The highest BCUT2D eigenvalue weighted by Crippen LogP contribution is 2.49. The van der Waals surface area contributed by atoms with Crippen LogP contribution in [0.2, 0.25) is 0 Å². The predicted octanol–water partition coefficient (Wildman–Crippen LogP) is 2.87. The van der Waals surface area contributed by atoms with Gasteiger partial charge in [-0.2, -0.15) is 0 Å². The fraction of sp³-hybridized carbons (Fsp3) is 0.350. The van der Waals surface area contributed by atoms with Crippen molar-refractivity contribution in [2.24, 2.45) is 5.92 Å². The number of ether oxygens (including phenoxy) is 3. The fourth-order valence-electron chi connectivity index (χ4n) is 4.03. The highest BCUT2D eigenvalue weighted by atomic mass is 32.2. The van der Waals surface area contributed by atoms with Crippen molar-refractivity contribution in [1.29, 1.82) is 0 Å². The van der Waals surface area contributed by atoms with E-state index in [9.17, 15) is 8.42 Å². The highest BCUT2D eigenvalue weighted by molar-refractivity contribution is 7.89. The van der Waals surface area contributed by atoms with Crippen LogP contribution in [0.5, 0.6) is 11.5 Å². The third-order valence-corrected chi connectivity index (χ3v) is 6.76. The van der Waals surface area contributed by atoms with Gasteiger partial charge in [0.2, 0.25) is 16.8 Å². The quantitative estimate of drug-likeness (QED) is 0.875. The number of nitrogens with one attached hydrogen (secondary N) is 1. The maximum Gasteiger partial charge on any atom is 0.240 e. The van der Waals surface area contributed by atoms with Crippen LogP contribution in [-0.4, -0.2) is 21.3 Å². The normalized spacial score (nSPS) is 25.4. The summed E-state index contributed by atoms with van der Waals surface area (Å²) in [6.07, 6.45) is 1.50. The van der Waals surface area contributed by atoms with E-state index in [0.29, 0.717) is 0 Å². The van der Waals surface area contributed by atoms with E-state index in [4.69, 9.17) is 14.2 Å². The van der Waals surface area contributed by atoms with Crippen molar-refractivity contribution < 1.29 is 22.6 Å².